The third-order valence-corrected chi connectivity index (χ3v) is 8.25. The van der Waals surface area contributed by atoms with Crippen LogP contribution >= 0.6 is 0 Å². The highest BCUT2D eigenvalue weighted by Gasteiger charge is 2.69. The van der Waals surface area contributed by atoms with E-state index in [1.54, 1.807) is 26.8 Å². The number of phenols is 1. The number of aliphatic hydroxyl groups is 1. The Morgan fingerprint density at radius 1 is 1.11 bits per heavy atom. The average molecular weight is 513 g/mol. The van der Waals surface area contributed by atoms with Crippen molar-refractivity contribution in [3.63, 3.8) is 0 Å². The van der Waals surface area contributed by atoms with Gasteiger partial charge in [-0.15, -0.1) is 0 Å². The summed E-state index contributed by atoms with van der Waals surface area (Å²) < 4.78 is 0. The summed E-state index contributed by atoms with van der Waals surface area (Å²) in [7, 11) is 3.04. The van der Waals surface area contributed by atoms with Crippen molar-refractivity contribution in [3.8, 4) is 5.75 Å². The van der Waals surface area contributed by atoms with Gasteiger partial charge in [-0.1, -0.05) is 20.8 Å². The molecule has 1 aromatic carbocycles. The average Bonchev–Trinajstić information content (AvgIpc) is 2.74. The number of benzene rings is 1. The van der Waals surface area contributed by atoms with Crippen molar-refractivity contribution in [1.82, 2.24) is 4.90 Å². The molecule has 2 fully saturated rings. The van der Waals surface area contributed by atoms with Gasteiger partial charge >= 0.3 is 0 Å². The number of rotatable bonds is 3. The second kappa shape index (κ2) is 8.39. The summed E-state index contributed by atoms with van der Waals surface area (Å²) in [5.41, 5.74) is 2.66. The third-order valence-electron chi connectivity index (χ3n) is 8.25. The molecule has 3 aliphatic rings. The maximum atomic E-state index is 13.9. The first kappa shape index (κ1) is 26.8. The monoisotopic (exact) mass is 512 g/mol. The van der Waals surface area contributed by atoms with Gasteiger partial charge in [-0.05, 0) is 56.8 Å². The third kappa shape index (κ3) is 3.60. The van der Waals surface area contributed by atoms with E-state index >= 15 is 0 Å². The first-order valence-corrected chi connectivity index (χ1v) is 12.2. The summed E-state index contributed by atoms with van der Waals surface area (Å²) in [6.07, 6.45) is -0.0121. The van der Waals surface area contributed by atoms with Crippen molar-refractivity contribution >= 4 is 34.8 Å². The predicted molar refractivity (Wildman–Crippen MR) is 130 cm³/mol. The number of primary amides is 1. The van der Waals surface area contributed by atoms with Crippen molar-refractivity contribution < 1.29 is 39.0 Å². The molecular formula is C27H32N2O8. The lowest BCUT2D eigenvalue weighted by atomic mass is 9.52. The maximum absolute atomic E-state index is 13.9. The number of ketones is 5. The van der Waals surface area contributed by atoms with Crippen molar-refractivity contribution in [1.29, 1.82) is 0 Å². The van der Waals surface area contributed by atoms with E-state index in [1.807, 2.05) is 0 Å². The fraction of sp³-hybridized carbons (Fsp3) is 0.556. The zero-order valence-corrected chi connectivity index (χ0v) is 21.7. The zero-order chi connectivity index (χ0) is 27.9. The molecule has 4 N–H and O–H groups in total. The van der Waals surface area contributed by atoms with Crippen LogP contribution in [0.15, 0.2) is 6.07 Å². The fourth-order valence-electron chi connectivity index (χ4n) is 6.56. The SMILES string of the molecule is CC(=O)c1cc(C(C)(C)C)c(O)c2c1C[C@H]1C[C@H]3[C@H](N(C)C)C(=O)C(C(N)=O)C(=O)[C@@]3(O)C(=O)C1C2=O. The lowest BCUT2D eigenvalue weighted by molar-refractivity contribution is -0.181. The van der Waals surface area contributed by atoms with Gasteiger partial charge < -0.3 is 15.9 Å². The number of hydrogen-bond acceptors (Lipinski definition) is 9. The van der Waals surface area contributed by atoms with E-state index in [0.29, 0.717) is 11.1 Å². The van der Waals surface area contributed by atoms with E-state index in [0.717, 1.165) is 0 Å². The summed E-state index contributed by atoms with van der Waals surface area (Å²) in [5.74, 6) is -11.4. The molecule has 10 heteroatoms. The Morgan fingerprint density at radius 2 is 1.70 bits per heavy atom. The topological polar surface area (TPSA) is 172 Å². The van der Waals surface area contributed by atoms with Crippen molar-refractivity contribution in [2.24, 2.45) is 29.4 Å². The van der Waals surface area contributed by atoms with Crippen LogP contribution in [0.25, 0.3) is 0 Å². The molecule has 0 bridgehead atoms. The number of Topliss-reactive ketones (excluding diaryl/α,β-unsaturated/α-hetero) is 5. The lowest BCUT2D eigenvalue weighted by Gasteiger charge is -2.52. The molecule has 0 aliphatic heterocycles. The normalized spacial score (nSPS) is 31.6. The predicted octanol–water partition coefficient (Wildman–Crippen LogP) is 0.367. The molecule has 1 amide bonds. The first-order valence-electron chi connectivity index (χ1n) is 12.2. The number of hydrogen-bond donors (Lipinski definition) is 3. The lowest BCUT2D eigenvalue weighted by Crippen LogP contribution is -2.74. The molecule has 2 saturated carbocycles. The standard InChI is InChI=1S/C27H32N2O8/c1-10(30)12-9-15(26(2,3)4)20(31)17-13(12)7-11-8-14-19(29(5)6)22(33)18(25(28)36)24(35)27(14,37)23(34)16(11)21(17)32/h9,11,14,16,18-19,31,37H,7-8H2,1-6H3,(H2,28,36)/t11-,14-,16?,18?,19-,27-/m0/s1. The smallest absolute Gasteiger partial charge is 0.235 e. The molecule has 0 spiro atoms. The number of nitrogens with zero attached hydrogens (tertiary/aromatic N) is 1. The van der Waals surface area contributed by atoms with Gasteiger partial charge in [-0.25, -0.2) is 0 Å². The van der Waals surface area contributed by atoms with E-state index < -0.39 is 69.8 Å². The molecule has 0 saturated heterocycles. The minimum Gasteiger partial charge on any atom is -0.507 e. The highest BCUT2D eigenvalue weighted by Crippen LogP contribution is 2.52. The summed E-state index contributed by atoms with van der Waals surface area (Å²) in [4.78, 5) is 80.3. The van der Waals surface area contributed by atoms with Crippen molar-refractivity contribution in [3.05, 3.63) is 28.3 Å². The molecule has 3 aliphatic carbocycles. The van der Waals surface area contributed by atoms with Crippen LogP contribution in [0.1, 0.15) is 66.0 Å². The summed E-state index contributed by atoms with van der Waals surface area (Å²) in [6, 6.07) is 0.393. The largest absolute Gasteiger partial charge is 0.507 e. The number of carbonyl (C=O) groups excluding carboxylic acids is 6. The van der Waals surface area contributed by atoms with Crippen LogP contribution in [-0.4, -0.2) is 75.7 Å². The molecule has 0 radical (unpaired) electrons. The van der Waals surface area contributed by atoms with Gasteiger partial charge in [0, 0.05) is 17.0 Å². The van der Waals surface area contributed by atoms with E-state index in [-0.39, 0.29) is 35.5 Å². The fourth-order valence-corrected chi connectivity index (χ4v) is 6.56. The number of amides is 1. The summed E-state index contributed by atoms with van der Waals surface area (Å²) >= 11 is 0. The Kier molecular flexibility index (Phi) is 6.08. The van der Waals surface area contributed by atoms with Crippen LogP contribution in [0.3, 0.4) is 0 Å². The number of carbonyl (C=O) groups is 6. The molecule has 6 atom stereocenters. The molecule has 4 rings (SSSR count). The van der Waals surface area contributed by atoms with Gasteiger partial charge in [-0.3, -0.25) is 33.7 Å². The second-order valence-corrected chi connectivity index (χ2v) is 11.8. The van der Waals surface area contributed by atoms with Gasteiger partial charge in [0.05, 0.1) is 17.5 Å². The molecular weight excluding hydrogens is 480 g/mol. The van der Waals surface area contributed by atoms with Gasteiger partial charge in [0.15, 0.2) is 40.4 Å². The van der Waals surface area contributed by atoms with E-state index in [4.69, 9.17) is 5.73 Å². The van der Waals surface area contributed by atoms with Crippen molar-refractivity contribution in [2.75, 3.05) is 14.1 Å². The van der Waals surface area contributed by atoms with E-state index in [2.05, 4.69) is 0 Å². The second-order valence-electron chi connectivity index (χ2n) is 11.8. The zero-order valence-electron chi connectivity index (χ0n) is 21.7. The van der Waals surface area contributed by atoms with Crippen LogP contribution in [0.5, 0.6) is 5.75 Å². The highest BCUT2D eigenvalue weighted by molar-refractivity contribution is 6.32. The van der Waals surface area contributed by atoms with Gasteiger partial charge in [0.25, 0.3) is 0 Å². The molecule has 198 valence electrons. The maximum Gasteiger partial charge on any atom is 0.235 e. The first-order chi connectivity index (χ1) is 17.0. The van der Waals surface area contributed by atoms with Gasteiger partial charge in [-0.2, -0.15) is 0 Å². The highest BCUT2D eigenvalue weighted by atomic mass is 16.3. The quantitative estimate of drug-likeness (QED) is 0.382. The van der Waals surface area contributed by atoms with Crippen LogP contribution in [0.4, 0.5) is 0 Å². The molecule has 0 heterocycles. The Hall–Kier alpha value is -3.24. The van der Waals surface area contributed by atoms with Crippen LogP contribution in [0.2, 0.25) is 0 Å². The Bertz CT molecular complexity index is 1290. The number of likely N-dealkylation sites (N-methyl/N-ethyl adjacent to an activating group) is 1. The van der Waals surface area contributed by atoms with Crippen LogP contribution < -0.4 is 5.73 Å². The van der Waals surface area contributed by atoms with Crippen LogP contribution in [0, 0.1) is 23.7 Å². The Balaban J connectivity index is 1.94. The molecule has 0 aromatic heterocycles. The molecule has 2 unspecified atom stereocenters. The number of aromatic hydroxyl groups is 1. The van der Waals surface area contributed by atoms with Gasteiger partial charge in [0.1, 0.15) is 5.75 Å². The number of nitrogens with two attached hydrogens (primary N) is 1. The minimum absolute atomic E-state index is 0.0543. The van der Waals surface area contributed by atoms with E-state index in [1.165, 1.54) is 25.9 Å². The summed E-state index contributed by atoms with van der Waals surface area (Å²) in [6.45, 7) is 6.76. The van der Waals surface area contributed by atoms with Gasteiger partial charge in [0.2, 0.25) is 5.91 Å². The number of phenolic OH excluding ortho intramolecular Hbond substituents is 1. The molecule has 10 nitrogen and oxygen atoms in total. The Labute approximate surface area is 214 Å². The number of fused-ring (bicyclic) bond motifs is 3. The Morgan fingerprint density at radius 3 is 2.19 bits per heavy atom. The molecule has 37 heavy (non-hydrogen) atoms. The summed E-state index contributed by atoms with van der Waals surface area (Å²) in [5, 5.41) is 22.8. The minimum atomic E-state index is -2.78. The van der Waals surface area contributed by atoms with Crippen molar-refractivity contribution in [2.45, 2.75) is 57.6 Å². The molecule has 1 aromatic rings. The van der Waals surface area contributed by atoms with Crippen LogP contribution in [-0.2, 0) is 31.0 Å². The van der Waals surface area contributed by atoms with E-state index in [9.17, 15) is 39.0 Å².